The van der Waals surface area contributed by atoms with Gasteiger partial charge in [0.05, 0.1) is 5.39 Å². The van der Waals surface area contributed by atoms with E-state index in [1.165, 1.54) is 26.0 Å². The number of fused-ring (bicyclic) bond motifs is 1. The smallest absolute Gasteiger partial charge is 0.308 e. The van der Waals surface area contributed by atoms with Crippen LogP contribution in [0.2, 0.25) is 0 Å². The molecule has 1 heterocycles. The van der Waals surface area contributed by atoms with E-state index >= 15 is 0 Å². The molecular weight excluding hydrogens is 334 g/mol. The number of hydrogen-bond donors (Lipinski definition) is 1. The van der Waals surface area contributed by atoms with E-state index in [4.69, 9.17) is 9.47 Å². The number of aromatic nitrogens is 1. The van der Waals surface area contributed by atoms with Gasteiger partial charge in [0.25, 0.3) is 5.56 Å². The summed E-state index contributed by atoms with van der Waals surface area (Å²) in [4.78, 5) is 38.2. The number of nitrogens with one attached hydrogen (secondary N) is 1. The molecular formula is C20H17NO5. The normalized spacial score (nSPS) is 10.6. The van der Waals surface area contributed by atoms with Gasteiger partial charge >= 0.3 is 11.9 Å². The SMILES string of the molecule is CC(=O)Oc1cc(OC(C)=O)c2c(-c3ccccc3)c(C)[nH]c(=O)c2c1. The lowest BCUT2D eigenvalue weighted by Gasteiger charge is -2.15. The number of pyridine rings is 1. The van der Waals surface area contributed by atoms with Crippen molar-refractivity contribution in [2.75, 3.05) is 0 Å². The zero-order valence-electron chi connectivity index (χ0n) is 14.6. The highest BCUT2D eigenvalue weighted by molar-refractivity contribution is 6.03. The first-order valence-corrected chi connectivity index (χ1v) is 7.99. The minimum atomic E-state index is -0.539. The van der Waals surface area contributed by atoms with Gasteiger partial charge in [0, 0.05) is 36.6 Å². The third kappa shape index (κ3) is 3.35. The summed E-state index contributed by atoms with van der Waals surface area (Å²) >= 11 is 0. The zero-order valence-corrected chi connectivity index (χ0v) is 14.6. The number of ether oxygens (including phenoxy) is 2. The molecule has 0 atom stereocenters. The van der Waals surface area contributed by atoms with Crippen LogP contribution in [0.1, 0.15) is 19.5 Å². The quantitative estimate of drug-likeness (QED) is 0.578. The molecule has 0 radical (unpaired) electrons. The van der Waals surface area contributed by atoms with E-state index in [1.54, 1.807) is 6.92 Å². The average Bonchev–Trinajstić information content (AvgIpc) is 2.55. The maximum Gasteiger partial charge on any atom is 0.308 e. The highest BCUT2D eigenvalue weighted by Crippen LogP contribution is 2.38. The Kier molecular flexibility index (Phi) is 4.58. The monoisotopic (exact) mass is 351 g/mol. The van der Waals surface area contributed by atoms with Crippen LogP contribution in [-0.4, -0.2) is 16.9 Å². The number of carbonyl (C=O) groups excluding carboxylic acids is 2. The Bertz CT molecular complexity index is 1070. The summed E-state index contributed by atoms with van der Waals surface area (Å²) in [5.41, 5.74) is 1.88. The number of esters is 2. The number of carbonyl (C=O) groups is 2. The molecule has 0 amide bonds. The molecule has 0 aliphatic carbocycles. The number of rotatable bonds is 3. The van der Waals surface area contributed by atoms with Crippen LogP contribution in [0.4, 0.5) is 0 Å². The molecule has 0 bridgehead atoms. The van der Waals surface area contributed by atoms with Crippen LogP contribution < -0.4 is 15.0 Å². The molecule has 6 heteroatoms. The molecule has 132 valence electrons. The molecule has 0 saturated heterocycles. The van der Waals surface area contributed by atoms with E-state index in [9.17, 15) is 14.4 Å². The summed E-state index contributed by atoms with van der Waals surface area (Å²) in [6, 6.07) is 12.4. The lowest BCUT2D eigenvalue weighted by Crippen LogP contribution is -2.12. The van der Waals surface area contributed by atoms with Gasteiger partial charge in [-0.25, -0.2) is 0 Å². The van der Waals surface area contributed by atoms with Crippen LogP contribution in [0.25, 0.3) is 21.9 Å². The zero-order chi connectivity index (χ0) is 18.8. The number of aromatic amines is 1. The second-order valence-electron chi connectivity index (χ2n) is 5.85. The summed E-state index contributed by atoms with van der Waals surface area (Å²) < 4.78 is 10.4. The summed E-state index contributed by atoms with van der Waals surface area (Å²) in [7, 11) is 0. The maximum absolute atomic E-state index is 12.5. The number of benzene rings is 2. The van der Waals surface area contributed by atoms with Crippen molar-refractivity contribution in [1.82, 2.24) is 4.98 Å². The Labute approximate surface area is 149 Å². The molecule has 3 aromatic rings. The van der Waals surface area contributed by atoms with Gasteiger partial charge in [0.1, 0.15) is 11.5 Å². The van der Waals surface area contributed by atoms with E-state index < -0.39 is 11.9 Å². The van der Waals surface area contributed by atoms with Crippen LogP contribution in [-0.2, 0) is 9.59 Å². The highest BCUT2D eigenvalue weighted by atomic mass is 16.5. The van der Waals surface area contributed by atoms with Crippen LogP contribution >= 0.6 is 0 Å². The first-order valence-electron chi connectivity index (χ1n) is 7.99. The van der Waals surface area contributed by atoms with Crippen molar-refractivity contribution in [2.24, 2.45) is 0 Å². The second kappa shape index (κ2) is 6.84. The first kappa shape index (κ1) is 17.4. The van der Waals surface area contributed by atoms with Crippen LogP contribution in [0.5, 0.6) is 11.5 Å². The number of H-pyrrole nitrogens is 1. The van der Waals surface area contributed by atoms with Gasteiger partial charge in [-0.15, -0.1) is 0 Å². The fourth-order valence-electron chi connectivity index (χ4n) is 2.94. The lowest BCUT2D eigenvalue weighted by atomic mass is 9.97. The standard InChI is InChI=1S/C20H17NO5/c1-11-18(14-7-5-4-6-8-14)19-16(20(24)21-11)9-15(25-12(2)22)10-17(19)26-13(3)23/h4-10H,1-3H3,(H,21,24). The number of hydrogen-bond acceptors (Lipinski definition) is 5. The topological polar surface area (TPSA) is 85.5 Å². The average molecular weight is 351 g/mol. The molecule has 0 unspecified atom stereocenters. The molecule has 1 N–H and O–H groups in total. The van der Waals surface area contributed by atoms with Gasteiger partial charge in [0.15, 0.2) is 0 Å². The number of aryl methyl sites for hydroxylation is 1. The van der Waals surface area contributed by atoms with Gasteiger partial charge in [-0.1, -0.05) is 30.3 Å². The molecule has 0 aliphatic rings. The lowest BCUT2D eigenvalue weighted by molar-refractivity contribution is -0.132. The molecule has 3 rings (SSSR count). The van der Waals surface area contributed by atoms with Crippen molar-refractivity contribution in [3.05, 3.63) is 58.5 Å². The second-order valence-corrected chi connectivity index (χ2v) is 5.85. The van der Waals surface area contributed by atoms with Crippen molar-refractivity contribution in [2.45, 2.75) is 20.8 Å². The Hall–Kier alpha value is -3.41. The van der Waals surface area contributed by atoms with Gasteiger partial charge in [0.2, 0.25) is 0 Å². The highest BCUT2D eigenvalue weighted by Gasteiger charge is 2.18. The molecule has 6 nitrogen and oxygen atoms in total. The third-order valence-corrected chi connectivity index (χ3v) is 3.82. The molecule has 26 heavy (non-hydrogen) atoms. The van der Waals surface area contributed by atoms with Gasteiger partial charge in [-0.3, -0.25) is 14.4 Å². The van der Waals surface area contributed by atoms with E-state index in [1.807, 2.05) is 30.3 Å². The van der Waals surface area contributed by atoms with Crippen LogP contribution in [0, 0.1) is 6.92 Å². The largest absolute Gasteiger partial charge is 0.427 e. The summed E-state index contributed by atoms with van der Waals surface area (Å²) in [6.45, 7) is 4.30. The molecule has 0 aliphatic heterocycles. The fourth-order valence-corrected chi connectivity index (χ4v) is 2.94. The van der Waals surface area contributed by atoms with E-state index in [0.29, 0.717) is 11.1 Å². The Morgan fingerprint density at radius 3 is 2.23 bits per heavy atom. The maximum atomic E-state index is 12.5. The summed E-state index contributed by atoms with van der Waals surface area (Å²) in [5.74, 6) is -0.776. The molecule has 2 aromatic carbocycles. The molecule has 0 fully saturated rings. The van der Waals surface area contributed by atoms with Crippen molar-refractivity contribution >= 4 is 22.7 Å². The van der Waals surface area contributed by atoms with E-state index in [-0.39, 0.29) is 22.4 Å². The molecule has 1 aromatic heterocycles. The Balaban J connectivity index is 2.43. The van der Waals surface area contributed by atoms with Gasteiger partial charge in [-0.05, 0) is 18.6 Å². The third-order valence-electron chi connectivity index (χ3n) is 3.82. The minimum Gasteiger partial charge on any atom is -0.427 e. The minimum absolute atomic E-state index is 0.134. The van der Waals surface area contributed by atoms with Gasteiger partial charge < -0.3 is 14.5 Å². The predicted octanol–water partition coefficient (Wildman–Crippen LogP) is 3.35. The predicted molar refractivity (Wildman–Crippen MR) is 97.4 cm³/mol. The summed E-state index contributed by atoms with van der Waals surface area (Å²) in [5, 5.41) is 0.757. The van der Waals surface area contributed by atoms with Crippen LogP contribution in [0.3, 0.4) is 0 Å². The first-order chi connectivity index (χ1) is 12.4. The van der Waals surface area contributed by atoms with Crippen molar-refractivity contribution in [3.8, 4) is 22.6 Å². The summed E-state index contributed by atoms with van der Waals surface area (Å²) in [6.07, 6.45) is 0. The van der Waals surface area contributed by atoms with Gasteiger partial charge in [-0.2, -0.15) is 0 Å². The van der Waals surface area contributed by atoms with Crippen molar-refractivity contribution < 1.29 is 19.1 Å². The van der Waals surface area contributed by atoms with Crippen molar-refractivity contribution in [1.29, 1.82) is 0 Å². The Morgan fingerprint density at radius 2 is 1.62 bits per heavy atom. The van der Waals surface area contributed by atoms with Crippen LogP contribution in [0.15, 0.2) is 47.3 Å². The van der Waals surface area contributed by atoms with E-state index in [0.717, 1.165) is 11.1 Å². The molecule has 0 spiro atoms. The fraction of sp³-hybridized carbons (Fsp3) is 0.150. The Morgan fingerprint density at radius 1 is 0.962 bits per heavy atom. The molecule has 0 saturated carbocycles. The van der Waals surface area contributed by atoms with Crippen molar-refractivity contribution in [3.63, 3.8) is 0 Å². The van der Waals surface area contributed by atoms with E-state index in [2.05, 4.69) is 4.98 Å².